The van der Waals surface area contributed by atoms with E-state index in [1.807, 2.05) is 12.1 Å². The molecule has 2 aromatic rings. The van der Waals surface area contributed by atoms with Gasteiger partial charge in [-0.1, -0.05) is 54.6 Å². The molecular weight excluding hydrogens is 296 g/mol. The molecular formula is C21H26N2O. The lowest BCUT2D eigenvalue weighted by atomic mass is 10.2. The van der Waals surface area contributed by atoms with Crippen LogP contribution in [0.15, 0.2) is 60.7 Å². The first-order valence-electron chi connectivity index (χ1n) is 8.63. The third kappa shape index (κ3) is 4.95. The Bertz CT molecular complexity index is 629. The highest BCUT2D eigenvalue weighted by Gasteiger charge is 2.15. The van der Waals surface area contributed by atoms with Crippen LogP contribution in [0, 0.1) is 0 Å². The lowest BCUT2D eigenvalue weighted by Crippen LogP contribution is -2.45. The second-order valence-corrected chi connectivity index (χ2v) is 6.24. The van der Waals surface area contributed by atoms with Crippen LogP contribution in [0.5, 0.6) is 5.75 Å². The van der Waals surface area contributed by atoms with Crippen LogP contribution in [0.1, 0.15) is 11.1 Å². The van der Waals surface area contributed by atoms with E-state index in [2.05, 4.69) is 64.4 Å². The average molecular weight is 322 g/mol. The molecule has 0 amide bonds. The zero-order valence-electron chi connectivity index (χ0n) is 14.4. The number of methoxy groups -OCH3 is 1. The lowest BCUT2D eigenvalue weighted by molar-refractivity contribution is 0.137. The van der Waals surface area contributed by atoms with Crippen molar-refractivity contribution in [3.8, 4) is 5.75 Å². The summed E-state index contributed by atoms with van der Waals surface area (Å²) >= 11 is 0. The first-order chi connectivity index (χ1) is 11.8. The highest BCUT2D eigenvalue weighted by Crippen LogP contribution is 2.13. The van der Waals surface area contributed by atoms with Gasteiger partial charge in [0, 0.05) is 39.3 Å². The van der Waals surface area contributed by atoms with Crippen molar-refractivity contribution in [2.45, 2.75) is 6.54 Å². The molecule has 1 heterocycles. The molecule has 0 saturated carbocycles. The van der Waals surface area contributed by atoms with E-state index in [9.17, 15) is 0 Å². The van der Waals surface area contributed by atoms with Gasteiger partial charge in [-0.15, -0.1) is 0 Å². The van der Waals surface area contributed by atoms with Gasteiger partial charge in [-0.3, -0.25) is 9.80 Å². The van der Waals surface area contributed by atoms with E-state index in [0.717, 1.165) is 45.0 Å². The van der Waals surface area contributed by atoms with Gasteiger partial charge in [0.1, 0.15) is 5.75 Å². The van der Waals surface area contributed by atoms with Crippen LogP contribution in [-0.2, 0) is 6.54 Å². The first kappa shape index (κ1) is 16.7. The van der Waals surface area contributed by atoms with Crippen LogP contribution in [0.4, 0.5) is 0 Å². The molecule has 126 valence electrons. The maximum absolute atomic E-state index is 5.18. The summed E-state index contributed by atoms with van der Waals surface area (Å²) in [6, 6.07) is 18.9. The first-order valence-corrected chi connectivity index (χ1v) is 8.63. The summed E-state index contributed by atoms with van der Waals surface area (Å²) in [5.41, 5.74) is 2.63. The Morgan fingerprint density at radius 3 is 2.21 bits per heavy atom. The van der Waals surface area contributed by atoms with Gasteiger partial charge < -0.3 is 4.74 Å². The molecule has 0 spiro atoms. The molecule has 3 nitrogen and oxygen atoms in total. The van der Waals surface area contributed by atoms with E-state index in [-0.39, 0.29) is 0 Å². The molecule has 1 aliphatic rings. The maximum atomic E-state index is 5.18. The smallest absolute Gasteiger partial charge is 0.118 e. The molecule has 1 aliphatic heterocycles. The van der Waals surface area contributed by atoms with Crippen LogP contribution in [0.25, 0.3) is 6.08 Å². The number of hydrogen-bond donors (Lipinski definition) is 0. The zero-order chi connectivity index (χ0) is 16.6. The predicted octanol–water partition coefficient (Wildman–Crippen LogP) is 3.53. The average Bonchev–Trinajstić information content (AvgIpc) is 2.65. The Balaban J connectivity index is 1.41. The number of benzene rings is 2. The second-order valence-electron chi connectivity index (χ2n) is 6.24. The van der Waals surface area contributed by atoms with Gasteiger partial charge in [-0.2, -0.15) is 0 Å². The van der Waals surface area contributed by atoms with E-state index >= 15 is 0 Å². The van der Waals surface area contributed by atoms with Crippen LogP contribution in [-0.4, -0.2) is 49.6 Å². The molecule has 0 aliphatic carbocycles. The largest absolute Gasteiger partial charge is 0.497 e. The molecule has 3 rings (SSSR count). The molecule has 1 saturated heterocycles. The molecule has 3 heteroatoms. The van der Waals surface area contributed by atoms with Gasteiger partial charge in [-0.05, 0) is 23.3 Å². The predicted molar refractivity (Wildman–Crippen MR) is 100 cm³/mol. The van der Waals surface area contributed by atoms with Gasteiger partial charge in [0.05, 0.1) is 7.11 Å². The third-order valence-electron chi connectivity index (χ3n) is 4.50. The molecule has 2 aromatic carbocycles. The van der Waals surface area contributed by atoms with Crippen LogP contribution in [0.3, 0.4) is 0 Å². The summed E-state index contributed by atoms with van der Waals surface area (Å²) in [7, 11) is 1.70. The number of hydrogen-bond acceptors (Lipinski definition) is 3. The van der Waals surface area contributed by atoms with E-state index in [1.165, 1.54) is 11.1 Å². The van der Waals surface area contributed by atoms with E-state index in [0.29, 0.717) is 0 Å². The van der Waals surface area contributed by atoms with Crippen molar-refractivity contribution < 1.29 is 4.74 Å². The lowest BCUT2D eigenvalue weighted by Gasteiger charge is -2.34. The molecule has 24 heavy (non-hydrogen) atoms. The Kier molecular flexibility index (Phi) is 6.05. The molecule has 1 fully saturated rings. The van der Waals surface area contributed by atoms with Crippen molar-refractivity contribution in [3.05, 3.63) is 71.8 Å². The molecule has 0 unspecified atom stereocenters. The monoisotopic (exact) mass is 322 g/mol. The van der Waals surface area contributed by atoms with Crippen LogP contribution >= 0.6 is 0 Å². The maximum Gasteiger partial charge on any atom is 0.118 e. The standard InChI is InChI=1S/C21H26N2O/c1-24-21-11-9-19(10-12-21)8-5-13-22-14-16-23(17-15-22)18-20-6-3-2-4-7-20/h2-12H,13-18H2,1H3. The van der Waals surface area contributed by atoms with Crippen molar-refractivity contribution in [2.75, 3.05) is 39.8 Å². The minimum absolute atomic E-state index is 0.904. The van der Waals surface area contributed by atoms with Gasteiger partial charge in [-0.25, -0.2) is 0 Å². The van der Waals surface area contributed by atoms with Crippen LogP contribution in [0.2, 0.25) is 0 Å². The fraction of sp³-hybridized carbons (Fsp3) is 0.333. The van der Waals surface area contributed by atoms with Gasteiger partial charge in [0.2, 0.25) is 0 Å². The Morgan fingerprint density at radius 2 is 1.54 bits per heavy atom. The van der Waals surface area contributed by atoms with Crippen molar-refractivity contribution in [1.29, 1.82) is 0 Å². The molecule has 0 bridgehead atoms. The zero-order valence-corrected chi connectivity index (χ0v) is 14.4. The summed E-state index contributed by atoms with van der Waals surface area (Å²) in [6.45, 7) is 6.65. The summed E-state index contributed by atoms with van der Waals surface area (Å²) in [5.74, 6) is 0.904. The van der Waals surface area contributed by atoms with Crippen molar-refractivity contribution >= 4 is 6.08 Å². The van der Waals surface area contributed by atoms with Gasteiger partial charge in [0.25, 0.3) is 0 Å². The van der Waals surface area contributed by atoms with Crippen molar-refractivity contribution in [2.24, 2.45) is 0 Å². The second kappa shape index (κ2) is 8.67. The van der Waals surface area contributed by atoms with E-state index < -0.39 is 0 Å². The summed E-state index contributed by atoms with van der Waals surface area (Å²) < 4.78 is 5.18. The summed E-state index contributed by atoms with van der Waals surface area (Å²) in [5, 5.41) is 0. The van der Waals surface area contributed by atoms with Crippen LogP contribution < -0.4 is 4.74 Å². The van der Waals surface area contributed by atoms with Crippen molar-refractivity contribution in [3.63, 3.8) is 0 Å². The SMILES string of the molecule is COc1ccc(C=CCN2CCN(Cc3ccccc3)CC2)cc1. The molecule has 0 aromatic heterocycles. The number of ether oxygens (including phenoxy) is 1. The van der Waals surface area contributed by atoms with Gasteiger partial charge >= 0.3 is 0 Å². The highest BCUT2D eigenvalue weighted by atomic mass is 16.5. The molecule has 0 N–H and O–H groups in total. The minimum atomic E-state index is 0.904. The van der Waals surface area contributed by atoms with E-state index in [4.69, 9.17) is 4.74 Å². The number of nitrogens with zero attached hydrogens (tertiary/aromatic N) is 2. The highest BCUT2D eigenvalue weighted by molar-refractivity contribution is 5.50. The van der Waals surface area contributed by atoms with Gasteiger partial charge in [0.15, 0.2) is 0 Å². The summed E-state index contributed by atoms with van der Waals surface area (Å²) in [4.78, 5) is 5.06. The quantitative estimate of drug-likeness (QED) is 0.809. The number of piperazine rings is 1. The fourth-order valence-electron chi connectivity index (χ4n) is 3.02. The third-order valence-corrected chi connectivity index (χ3v) is 4.50. The molecule has 0 atom stereocenters. The summed E-state index contributed by atoms with van der Waals surface area (Å²) in [6.07, 6.45) is 4.45. The van der Waals surface area contributed by atoms with E-state index in [1.54, 1.807) is 7.11 Å². The van der Waals surface area contributed by atoms with Crippen molar-refractivity contribution in [1.82, 2.24) is 9.80 Å². The molecule has 0 radical (unpaired) electrons. The Hall–Kier alpha value is -2.10. The number of rotatable bonds is 6. The minimum Gasteiger partial charge on any atom is -0.497 e. The topological polar surface area (TPSA) is 15.7 Å². The normalized spacial score (nSPS) is 16.5. The Labute approximate surface area is 145 Å². The fourth-order valence-corrected chi connectivity index (χ4v) is 3.02. The Morgan fingerprint density at radius 1 is 0.875 bits per heavy atom.